The standard InChI is InChI=1S/C26H33N3O3S/c1-22-9-5-6-16-29(22)33(31,32)25-14-7-13-24(21-25)26(30)28-19-17-27(18-20-28)15-8-12-23-10-3-2-4-11-23/h2-4,7-8,10-14,21-22H,5-6,9,15-20H2,1H3/b12-8+. The van der Waals surface area contributed by atoms with Crippen molar-refractivity contribution in [1.82, 2.24) is 14.1 Å². The van der Waals surface area contributed by atoms with Gasteiger partial charge in [-0.1, -0.05) is 55.0 Å². The van der Waals surface area contributed by atoms with Crippen LogP contribution >= 0.6 is 0 Å². The molecule has 176 valence electrons. The van der Waals surface area contributed by atoms with Crippen LogP contribution in [-0.4, -0.2) is 73.7 Å². The zero-order valence-electron chi connectivity index (χ0n) is 19.3. The van der Waals surface area contributed by atoms with Gasteiger partial charge >= 0.3 is 0 Å². The number of piperidine rings is 1. The predicted octanol–water partition coefficient (Wildman–Crippen LogP) is 3.72. The summed E-state index contributed by atoms with van der Waals surface area (Å²) in [6.45, 7) is 6.22. The minimum Gasteiger partial charge on any atom is -0.336 e. The zero-order chi connectivity index (χ0) is 23.3. The molecule has 2 aliphatic heterocycles. The number of carbonyl (C=O) groups excluding carboxylic acids is 1. The molecule has 2 aromatic carbocycles. The van der Waals surface area contributed by atoms with Gasteiger partial charge in [-0.25, -0.2) is 8.42 Å². The van der Waals surface area contributed by atoms with Crippen LogP contribution in [0.1, 0.15) is 42.1 Å². The lowest BCUT2D eigenvalue weighted by Crippen LogP contribution is -2.48. The van der Waals surface area contributed by atoms with Crippen molar-refractivity contribution < 1.29 is 13.2 Å². The van der Waals surface area contributed by atoms with E-state index in [2.05, 4.69) is 29.2 Å². The second-order valence-corrected chi connectivity index (χ2v) is 10.8. The molecule has 2 aromatic rings. The van der Waals surface area contributed by atoms with E-state index in [1.807, 2.05) is 30.0 Å². The van der Waals surface area contributed by atoms with Crippen LogP contribution in [0.3, 0.4) is 0 Å². The topological polar surface area (TPSA) is 60.9 Å². The van der Waals surface area contributed by atoms with Crippen molar-refractivity contribution in [1.29, 1.82) is 0 Å². The van der Waals surface area contributed by atoms with E-state index in [4.69, 9.17) is 0 Å². The third-order valence-corrected chi connectivity index (χ3v) is 8.57. The maximum absolute atomic E-state index is 13.2. The van der Waals surface area contributed by atoms with Gasteiger partial charge in [0.05, 0.1) is 4.90 Å². The Morgan fingerprint density at radius 1 is 0.970 bits per heavy atom. The summed E-state index contributed by atoms with van der Waals surface area (Å²) in [6.07, 6.45) is 7.09. The fraction of sp³-hybridized carbons (Fsp3) is 0.423. The van der Waals surface area contributed by atoms with Crippen molar-refractivity contribution in [3.8, 4) is 0 Å². The molecule has 2 aliphatic rings. The molecule has 7 heteroatoms. The highest BCUT2D eigenvalue weighted by atomic mass is 32.2. The van der Waals surface area contributed by atoms with E-state index >= 15 is 0 Å². The molecular formula is C26H33N3O3S. The monoisotopic (exact) mass is 467 g/mol. The third kappa shape index (κ3) is 5.72. The average molecular weight is 468 g/mol. The Morgan fingerprint density at radius 2 is 1.73 bits per heavy atom. The molecule has 33 heavy (non-hydrogen) atoms. The van der Waals surface area contributed by atoms with Crippen molar-refractivity contribution >= 4 is 22.0 Å². The van der Waals surface area contributed by atoms with Crippen molar-refractivity contribution in [2.75, 3.05) is 39.3 Å². The van der Waals surface area contributed by atoms with Gasteiger partial charge < -0.3 is 4.90 Å². The molecule has 0 radical (unpaired) electrons. The fourth-order valence-corrected chi connectivity index (χ4v) is 6.32. The van der Waals surface area contributed by atoms with Crippen LogP contribution < -0.4 is 0 Å². The second-order valence-electron chi connectivity index (χ2n) is 8.89. The van der Waals surface area contributed by atoms with Crippen molar-refractivity contribution in [3.63, 3.8) is 0 Å². The van der Waals surface area contributed by atoms with Gasteiger partial charge in [0.1, 0.15) is 0 Å². The van der Waals surface area contributed by atoms with Crippen LogP contribution in [0.15, 0.2) is 65.6 Å². The molecule has 1 amide bonds. The highest BCUT2D eigenvalue weighted by molar-refractivity contribution is 7.89. The number of carbonyl (C=O) groups is 1. The highest BCUT2D eigenvalue weighted by Crippen LogP contribution is 2.26. The first-order valence-electron chi connectivity index (χ1n) is 11.8. The zero-order valence-corrected chi connectivity index (χ0v) is 20.1. The molecule has 2 saturated heterocycles. The number of nitrogens with zero attached hydrogens (tertiary/aromatic N) is 3. The Morgan fingerprint density at radius 3 is 2.45 bits per heavy atom. The first-order chi connectivity index (χ1) is 15.9. The summed E-state index contributed by atoms with van der Waals surface area (Å²) >= 11 is 0. The van der Waals surface area contributed by atoms with E-state index in [-0.39, 0.29) is 16.8 Å². The van der Waals surface area contributed by atoms with Crippen LogP contribution in [0.5, 0.6) is 0 Å². The molecule has 0 spiro atoms. The molecule has 0 aromatic heterocycles. The summed E-state index contributed by atoms with van der Waals surface area (Å²) in [5, 5.41) is 0. The minimum atomic E-state index is -3.59. The number of sulfonamides is 1. The van der Waals surface area contributed by atoms with Gasteiger partial charge in [-0.05, 0) is 43.5 Å². The largest absolute Gasteiger partial charge is 0.336 e. The molecule has 0 bridgehead atoms. The third-order valence-electron chi connectivity index (χ3n) is 6.56. The number of hydrogen-bond donors (Lipinski definition) is 0. The normalized spacial score (nSPS) is 20.9. The predicted molar refractivity (Wildman–Crippen MR) is 131 cm³/mol. The van der Waals surface area contributed by atoms with Gasteiger partial charge in [-0.3, -0.25) is 9.69 Å². The molecule has 6 nitrogen and oxygen atoms in total. The highest BCUT2D eigenvalue weighted by Gasteiger charge is 2.31. The van der Waals surface area contributed by atoms with E-state index < -0.39 is 10.0 Å². The van der Waals surface area contributed by atoms with Crippen LogP contribution in [0.4, 0.5) is 0 Å². The molecular weight excluding hydrogens is 434 g/mol. The van der Waals surface area contributed by atoms with Crippen LogP contribution in [0, 0.1) is 0 Å². The van der Waals surface area contributed by atoms with Crippen molar-refractivity contribution in [3.05, 3.63) is 71.8 Å². The molecule has 2 fully saturated rings. The van der Waals surface area contributed by atoms with Crippen molar-refractivity contribution in [2.24, 2.45) is 0 Å². The van der Waals surface area contributed by atoms with E-state index in [1.165, 1.54) is 5.56 Å². The summed E-state index contributed by atoms with van der Waals surface area (Å²) in [5.74, 6) is -0.0989. The molecule has 1 unspecified atom stereocenters. The van der Waals surface area contributed by atoms with Gasteiger partial charge in [0, 0.05) is 50.9 Å². The maximum atomic E-state index is 13.2. The molecule has 1 atom stereocenters. The smallest absolute Gasteiger partial charge is 0.253 e. The maximum Gasteiger partial charge on any atom is 0.253 e. The van der Waals surface area contributed by atoms with Gasteiger partial charge in [0.2, 0.25) is 10.0 Å². The summed E-state index contributed by atoms with van der Waals surface area (Å²) in [5.41, 5.74) is 1.62. The van der Waals surface area contributed by atoms with E-state index in [9.17, 15) is 13.2 Å². The van der Waals surface area contributed by atoms with Gasteiger partial charge in [-0.2, -0.15) is 4.31 Å². The number of piperazine rings is 1. The van der Waals surface area contributed by atoms with Crippen LogP contribution in [0.2, 0.25) is 0 Å². The Kier molecular flexibility index (Phi) is 7.63. The first kappa shape index (κ1) is 23.7. The Hall–Kier alpha value is -2.48. The SMILES string of the molecule is CC1CCCCN1S(=O)(=O)c1cccc(C(=O)N2CCN(C/C=C/c3ccccc3)CC2)c1. The average Bonchev–Trinajstić information content (AvgIpc) is 2.85. The lowest BCUT2D eigenvalue weighted by molar-refractivity contribution is 0.0650. The summed E-state index contributed by atoms with van der Waals surface area (Å²) in [7, 11) is -3.59. The van der Waals surface area contributed by atoms with Crippen LogP contribution in [-0.2, 0) is 10.0 Å². The number of amides is 1. The van der Waals surface area contributed by atoms with Crippen LogP contribution in [0.25, 0.3) is 6.08 Å². The fourth-order valence-electron chi connectivity index (χ4n) is 4.57. The minimum absolute atomic E-state index is 0.00729. The molecule has 0 N–H and O–H groups in total. The number of hydrogen-bond acceptors (Lipinski definition) is 4. The van der Waals surface area contributed by atoms with E-state index in [1.54, 1.807) is 28.6 Å². The lowest BCUT2D eigenvalue weighted by Gasteiger charge is -2.34. The number of benzene rings is 2. The second kappa shape index (κ2) is 10.6. The molecule has 2 heterocycles. The number of rotatable bonds is 6. The molecule has 0 saturated carbocycles. The van der Waals surface area contributed by atoms with Gasteiger partial charge in [-0.15, -0.1) is 0 Å². The summed E-state index contributed by atoms with van der Waals surface area (Å²) < 4.78 is 28.0. The Bertz CT molecular complexity index is 1080. The summed E-state index contributed by atoms with van der Waals surface area (Å²) in [4.78, 5) is 17.5. The molecule has 0 aliphatic carbocycles. The lowest BCUT2D eigenvalue weighted by atomic mass is 10.1. The first-order valence-corrected chi connectivity index (χ1v) is 13.2. The summed E-state index contributed by atoms with van der Waals surface area (Å²) in [6, 6.07) is 16.8. The Labute approximate surface area is 197 Å². The van der Waals surface area contributed by atoms with E-state index in [0.29, 0.717) is 25.2 Å². The van der Waals surface area contributed by atoms with Gasteiger partial charge in [0.15, 0.2) is 0 Å². The quantitative estimate of drug-likeness (QED) is 0.650. The van der Waals surface area contributed by atoms with E-state index in [0.717, 1.165) is 38.9 Å². The van der Waals surface area contributed by atoms with Gasteiger partial charge in [0.25, 0.3) is 5.91 Å². The Balaban J connectivity index is 1.36. The molecule has 4 rings (SSSR count). The van der Waals surface area contributed by atoms with Crippen molar-refractivity contribution in [2.45, 2.75) is 37.1 Å².